The van der Waals surface area contributed by atoms with E-state index in [1.165, 1.54) is 11.3 Å². The van der Waals surface area contributed by atoms with Crippen LogP contribution in [0.2, 0.25) is 0 Å². The van der Waals surface area contributed by atoms with Crippen LogP contribution in [0, 0.1) is 0 Å². The zero-order valence-corrected chi connectivity index (χ0v) is 19.0. The van der Waals surface area contributed by atoms with Crippen LogP contribution in [-0.4, -0.2) is 45.8 Å². The summed E-state index contributed by atoms with van der Waals surface area (Å²) < 4.78 is 17.9. The molecular formula is C22H21N7O3S. The number of aromatic nitrogens is 5. The minimum absolute atomic E-state index is 0.465. The molecule has 0 saturated carbocycles. The zero-order valence-electron chi connectivity index (χ0n) is 18.2. The van der Waals surface area contributed by atoms with Gasteiger partial charge in [-0.25, -0.2) is 15.0 Å². The highest BCUT2D eigenvalue weighted by atomic mass is 32.1. The van der Waals surface area contributed by atoms with Gasteiger partial charge < -0.3 is 24.5 Å². The summed E-state index contributed by atoms with van der Waals surface area (Å²) in [6.45, 7) is 0.498. The predicted molar refractivity (Wildman–Crippen MR) is 126 cm³/mol. The number of hydrogen-bond acceptors (Lipinski definition) is 10. The van der Waals surface area contributed by atoms with E-state index >= 15 is 0 Å². The quantitative estimate of drug-likeness (QED) is 0.350. The van der Waals surface area contributed by atoms with E-state index in [2.05, 4.69) is 25.7 Å². The summed E-state index contributed by atoms with van der Waals surface area (Å²) in [7, 11) is 5.06. The number of methoxy groups -OCH3 is 2. The molecule has 10 nitrogen and oxygen atoms in total. The Labute approximate surface area is 193 Å². The number of furan rings is 1. The van der Waals surface area contributed by atoms with Crippen molar-refractivity contribution in [2.75, 3.05) is 31.9 Å². The van der Waals surface area contributed by atoms with Crippen LogP contribution in [-0.2, 0) is 6.54 Å². The fourth-order valence-corrected chi connectivity index (χ4v) is 4.04. The molecule has 0 fully saturated rings. The molecule has 0 aliphatic heterocycles. The first kappa shape index (κ1) is 20.8. The van der Waals surface area contributed by atoms with Crippen molar-refractivity contribution in [1.29, 1.82) is 0 Å². The fourth-order valence-electron chi connectivity index (χ4n) is 3.37. The van der Waals surface area contributed by atoms with Gasteiger partial charge in [-0.3, -0.25) is 0 Å². The molecule has 0 bridgehead atoms. The van der Waals surface area contributed by atoms with Gasteiger partial charge in [0.1, 0.15) is 0 Å². The normalized spacial score (nSPS) is 11.0. The van der Waals surface area contributed by atoms with Crippen LogP contribution >= 0.6 is 11.3 Å². The molecule has 1 aromatic carbocycles. The molecule has 0 radical (unpaired) electrons. The predicted octanol–water partition coefficient (Wildman–Crippen LogP) is 4.18. The van der Waals surface area contributed by atoms with E-state index in [1.807, 2.05) is 36.7 Å². The number of thiazole rings is 1. The summed E-state index contributed by atoms with van der Waals surface area (Å²) in [5.41, 5.74) is 3.16. The van der Waals surface area contributed by atoms with Crippen LogP contribution in [0.4, 0.5) is 11.1 Å². The highest BCUT2D eigenvalue weighted by molar-refractivity contribution is 7.14. The van der Waals surface area contributed by atoms with Crippen molar-refractivity contribution < 1.29 is 13.9 Å². The second-order valence-corrected chi connectivity index (χ2v) is 7.83. The van der Waals surface area contributed by atoms with E-state index in [1.54, 1.807) is 37.3 Å². The first-order chi connectivity index (χ1) is 16.2. The van der Waals surface area contributed by atoms with E-state index in [9.17, 15) is 0 Å². The zero-order chi connectivity index (χ0) is 22.8. The van der Waals surface area contributed by atoms with E-state index < -0.39 is 0 Å². The van der Waals surface area contributed by atoms with Crippen molar-refractivity contribution in [3.05, 3.63) is 53.7 Å². The molecule has 0 unspecified atom stereocenters. The monoisotopic (exact) mass is 463 g/mol. The van der Waals surface area contributed by atoms with Gasteiger partial charge in [0.2, 0.25) is 11.8 Å². The summed E-state index contributed by atoms with van der Waals surface area (Å²) in [5, 5.41) is 13.8. The number of hydrogen-bond donors (Lipinski definition) is 2. The first-order valence-corrected chi connectivity index (χ1v) is 11.0. The van der Waals surface area contributed by atoms with E-state index in [0.29, 0.717) is 41.2 Å². The van der Waals surface area contributed by atoms with Gasteiger partial charge in [-0.15, -0.1) is 16.4 Å². The Hall–Kier alpha value is -4.12. The third kappa shape index (κ3) is 3.94. The van der Waals surface area contributed by atoms with Crippen LogP contribution in [0.3, 0.4) is 0 Å². The average molecular weight is 464 g/mol. The summed E-state index contributed by atoms with van der Waals surface area (Å²) in [6, 6.07) is 9.37. The Morgan fingerprint density at radius 3 is 2.73 bits per heavy atom. The van der Waals surface area contributed by atoms with Gasteiger partial charge in [0.25, 0.3) is 0 Å². The first-order valence-electron chi connectivity index (χ1n) is 10.1. The number of rotatable bonds is 8. The molecule has 5 aromatic rings. The summed E-state index contributed by atoms with van der Waals surface area (Å²) in [6.07, 6.45) is 3.34. The molecule has 4 heterocycles. The van der Waals surface area contributed by atoms with Gasteiger partial charge in [0.15, 0.2) is 28.0 Å². The Kier molecular flexibility index (Phi) is 5.53. The maximum atomic E-state index is 5.50. The Morgan fingerprint density at radius 2 is 2.00 bits per heavy atom. The molecule has 4 aromatic heterocycles. The van der Waals surface area contributed by atoms with Crippen molar-refractivity contribution in [3.8, 4) is 34.3 Å². The van der Waals surface area contributed by atoms with Crippen LogP contribution < -0.4 is 20.1 Å². The van der Waals surface area contributed by atoms with Gasteiger partial charge in [-0.1, -0.05) is 6.07 Å². The molecule has 168 valence electrons. The molecule has 0 spiro atoms. The van der Waals surface area contributed by atoms with E-state index in [-0.39, 0.29) is 0 Å². The highest BCUT2D eigenvalue weighted by Gasteiger charge is 2.18. The van der Waals surface area contributed by atoms with Gasteiger partial charge in [0, 0.05) is 25.2 Å². The molecule has 5 rings (SSSR count). The minimum Gasteiger partial charge on any atom is -0.493 e. The Balaban J connectivity index is 1.53. The standard InChI is InChI=1S/C22H21N7O3S/c1-23-22-26-15(12-33-22)14-11-25-21(24-10-13-6-7-16(30-2)18(9-13)31-3)29-20(14)27-19(28-29)17-5-4-8-32-17/h4-9,11-12H,10H2,1-3H3,(H,23,26)(H,24,25). The van der Waals surface area contributed by atoms with Crippen molar-refractivity contribution in [3.63, 3.8) is 0 Å². The van der Waals surface area contributed by atoms with Crippen molar-refractivity contribution in [2.24, 2.45) is 0 Å². The smallest absolute Gasteiger partial charge is 0.226 e. The molecule has 0 saturated heterocycles. The summed E-state index contributed by atoms with van der Waals surface area (Å²) in [4.78, 5) is 13.9. The number of benzene rings is 1. The van der Waals surface area contributed by atoms with Crippen LogP contribution in [0.1, 0.15) is 5.56 Å². The highest BCUT2D eigenvalue weighted by Crippen LogP contribution is 2.30. The fraction of sp³-hybridized carbons (Fsp3) is 0.182. The summed E-state index contributed by atoms with van der Waals surface area (Å²) in [5.74, 6) is 2.92. The molecule has 0 aliphatic rings. The SMILES string of the molecule is CNc1nc(-c2cnc(NCc3ccc(OC)c(OC)c3)n3nc(-c4ccco4)nc23)cs1. The van der Waals surface area contributed by atoms with Gasteiger partial charge in [0.05, 0.1) is 31.7 Å². The third-order valence-electron chi connectivity index (χ3n) is 5.00. The van der Waals surface area contributed by atoms with Crippen LogP contribution in [0.15, 0.2) is 52.6 Å². The second kappa shape index (κ2) is 8.79. The molecule has 33 heavy (non-hydrogen) atoms. The number of ether oxygens (including phenoxy) is 2. The number of nitrogens with one attached hydrogen (secondary N) is 2. The lowest BCUT2D eigenvalue weighted by Crippen LogP contribution is -2.08. The third-order valence-corrected chi connectivity index (χ3v) is 5.86. The average Bonchev–Trinajstić information content (AvgIpc) is 3.62. The maximum Gasteiger partial charge on any atom is 0.226 e. The van der Waals surface area contributed by atoms with Crippen molar-refractivity contribution >= 4 is 28.1 Å². The lowest BCUT2D eigenvalue weighted by Gasteiger charge is -2.11. The van der Waals surface area contributed by atoms with Crippen LogP contribution in [0.25, 0.3) is 28.5 Å². The van der Waals surface area contributed by atoms with Gasteiger partial charge in [-0.2, -0.15) is 4.52 Å². The number of fused-ring (bicyclic) bond motifs is 1. The molecule has 0 amide bonds. The van der Waals surface area contributed by atoms with Crippen LogP contribution in [0.5, 0.6) is 11.5 Å². The lowest BCUT2D eigenvalue weighted by atomic mass is 10.2. The lowest BCUT2D eigenvalue weighted by molar-refractivity contribution is 0.354. The van der Waals surface area contributed by atoms with Gasteiger partial charge >= 0.3 is 0 Å². The minimum atomic E-state index is 0.465. The largest absolute Gasteiger partial charge is 0.493 e. The Morgan fingerprint density at radius 1 is 1.12 bits per heavy atom. The maximum absolute atomic E-state index is 5.50. The van der Waals surface area contributed by atoms with Crippen molar-refractivity contribution in [2.45, 2.75) is 6.54 Å². The Bertz CT molecular complexity index is 1390. The molecule has 0 aliphatic carbocycles. The van der Waals surface area contributed by atoms with E-state index in [4.69, 9.17) is 18.9 Å². The molecule has 2 N–H and O–H groups in total. The topological polar surface area (TPSA) is 112 Å². The molecular weight excluding hydrogens is 442 g/mol. The van der Waals surface area contributed by atoms with E-state index in [0.717, 1.165) is 22.0 Å². The number of nitrogens with zero attached hydrogens (tertiary/aromatic N) is 5. The number of anilines is 2. The van der Waals surface area contributed by atoms with Crippen molar-refractivity contribution in [1.82, 2.24) is 24.6 Å². The second-order valence-electron chi connectivity index (χ2n) is 6.97. The van der Waals surface area contributed by atoms with Gasteiger partial charge in [-0.05, 0) is 29.8 Å². The summed E-state index contributed by atoms with van der Waals surface area (Å²) >= 11 is 1.51. The molecule has 0 atom stereocenters. The molecule has 11 heteroatoms.